The van der Waals surface area contributed by atoms with Crippen molar-refractivity contribution in [3.63, 3.8) is 0 Å². The van der Waals surface area contributed by atoms with Crippen molar-refractivity contribution in [3.05, 3.63) is 0 Å². The van der Waals surface area contributed by atoms with Gasteiger partial charge in [0, 0.05) is 0 Å². The van der Waals surface area contributed by atoms with E-state index >= 15 is 0 Å². The quantitative estimate of drug-likeness (QED) is 0.543. The third-order valence-electron chi connectivity index (χ3n) is 4.03. The zero-order valence-electron chi connectivity index (χ0n) is 10.1. The van der Waals surface area contributed by atoms with E-state index in [1.165, 1.54) is 0 Å². The molecule has 0 spiro atoms. The molecule has 0 amide bonds. The van der Waals surface area contributed by atoms with E-state index in [9.17, 15) is 9.59 Å². The fourth-order valence-corrected chi connectivity index (χ4v) is 2.39. The maximum atomic E-state index is 10.5. The van der Waals surface area contributed by atoms with Gasteiger partial charge in [0.15, 0.2) is 0 Å². The minimum atomic E-state index is -0.393. The van der Waals surface area contributed by atoms with Crippen LogP contribution in [-0.2, 0) is 9.59 Å². The normalized spacial score (nSPS) is 32.3. The molecule has 0 N–H and O–H groups in total. The second-order valence-electron chi connectivity index (χ2n) is 5.40. The van der Waals surface area contributed by atoms with Gasteiger partial charge in [-0.15, -0.1) is 0 Å². The summed E-state index contributed by atoms with van der Waals surface area (Å²) < 4.78 is 0. The maximum absolute atomic E-state index is 10.5. The van der Waals surface area contributed by atoms with Crippen molar-refractivity contribution in [1.82, 2.24) is 0 Å². The average molecular weight is 222 g/mol. The number of rotatable bonds is 3. The zero-order valence-corrected chi connectivity index (χ0v) is 10.1. The lowest BCUT2D eigenvalue weighted by atomic mass is 9.61. The van der Waals surface area contributed by atoms with Gasteiger partial charge in [0.25, 0.3) is 0 Å². The molecule has 1 aliphatic rings. The summed E-state index contributed by atoms with van der Waals surface area (Å²) in [7, 11) is 0. The number of isocyanates is 2. The number of aliphatic imine (C=N–C) groups is 2. The number of hydrogen-bond acceptors (Lipinski definition) is 4. The Morgan fingerprint density at radius 3 is 2.50 bits per heavy atom. The van der Waals surface area contributed by atoms with Gasteiger partial charge in [0.05, 0.1) is 12.1 Å². The van der Waals surface area contributed by atoms with Crippen LogP contribution < -0.4 is 0 Å². The van der Waals surface area contributed by atoms with Gasteiger partial charge < -0.3 is 0 Å². The highest BCUT2D eigenvalue weighted by Crippen LogP contribution is 2.48. The molecule has 0 aromatic carbocycles. The van der Waals surface area contributed by atoms with Crippen molar-refractivity contribution in [2.24, 2.45) is 21.3 Å². The Bertz CT molecular complexity index is 352. The Labute approximate surface area is 95.9 Å². The molecule has 1 saturated carbocycles. The maximum Gasteiger partial charge on any atom is 0.235 e. The summed E-state index contributed by atoms with van der Waals surface area (Å²) in [5, 5.41) is 0. The van der Waals surface area contributed by atoms with Crippen LogP contribution in [0.15, 0.2) is 9.98 Å². The molecule has 0 radical (unpaired) electrons. The third-order valence-corrected chi connectivity index (χ3v) is 4.03. The molecule has 0 heterocycles. The van der Waals surface area contributed by atoms with Crippen LogP contribution >= 0.6 is 0 Å². The minimum Gasteiger partial charge on any atom is -0.211 e. The van der Waals surface area contributed by atoms with Crippen LogP contribution in [0.1, 0.15) is 40.0 Å². The van der Waals surface area contributed by atoms with Crippen molar-refractivity contribution in [3.8, 4) is 0 Å². The van der Waals surface area contributed by atoms with Crippen LogP contribution in [0.25, 0.3) is 0 Å². The fraction of sp³-hybridized carbons (Fsp3) is 0.833. The number of hydrogen-bond donors (Lipinski definition) is 0. The smallest absolute Gasteiger partial charge is 0.211 e. The summed E-state index contributed by atoms with van der Waals surface area (Å²) >= 11 is 0. The molecule has 16 heavy (non-hydrogen) atoms. The number of carbonyl (C=O) groups excluding carboxylic acids is 2. The van der Waals surface area contributed by atoms with Crippen LogP contribution in [-0.4, -0.2) is 24.2 Å². The van der Waals surface area contributed by atoms with Gasteiger partial charge in [0.2, 0.25) is 12.2 Å². The summed E-state index contributed by atoms with van der Waals surface area (Å²) in [5.41, 5.74) is -0.401. The van der Waals surface area contributed by atoms with Crippen LogP contribution in [0.3, 0.4) is 0 Å². The van der Waals surface area contributed by atoms with Crippen molar-refractivity contribution in [1.29, 1.82) is 0 Å². The Kier molecular flexibility index (Phi) is 3.79. The lowest BCUT2D eigenvalue weighted by Crippen LogP contribution is -2.46. The molecule has 88 valence electrons. The molecule has 1 fully saturated rings. The van der Waals surface area contributed by atoms with Crippen molar-refractivity contribution in [2.45, 2.75) is 45.6 Å². The van der Waals surface area contributed by atoms with Crippen LogP contribution in [0.5, 0.6) is 0 Å². The summed E-state index contributed by atoms with van der Waals surface area (Å²) in [6.07, 6.45) is 6.01. The SMILES string of the molecule is CC1(C)CCC(CN=C=O)CC1(C)N=C=O. The van der Waals surface area contributed by atoms with E-state index in [0.717, 1.165) is 19.3 Å². The van der Waals surface area contributed by atoms with Crippen molar-refractivity contribution < 1.29 is 9.59 Å². The largest absolute Gasteiger partial charge is 0.235 e. The Hall–Kier alpha value is -1.24. The molecule has 2 unspecified atom stereocenters. The van der Waals surface area contributed by atoms with Gasteiger partial charge in [-0.25, -0.2) is 14.6 Å². The van der Waals surface area contributed by atoms with E-state index in [0.29, 0.717) is 12.5 Å². The summed E-state index contributed by atoms with van der Waals surface area (Å²) in [4.78, 5) is 28.2. The molecule has 4 heteroatoms. The van der Waals surface area contributed by atoms with E-state index in [1.807, 2.05) is 6.92 Å². The summed E-state index contributed by atoms with van der Waals surface area (Å²) in [6.45, 7) is 6.71. The Balaban J connectivity index is 2.85. The van der Waals surface area contributed by atoms with E-state index in [-0.39, 0.29) is 5.41 Å². The summed E-state index contributed by atoms with van der Waals surface area (Å²) in [5.74, 6) is 0.316. The van der Waals surface area contributed by atoms with Gasteiger partial charge in [-0.05, 0) is 37.5 Å². The monoisotopic (exact) mass is 222 g/mol. The fourth-order valence-electron chi connectivity index (χ4n) is 2.39. The topological polar surface area (TPSA) is 58.9 Å². The predicted molar refractivity (Wildman–Crippen MR) is 60.6 cm³/mol. The third kappa shape index (κ3) is 2.46. The molecular formula is C12H18N2O2. The lowest BCUT2D eigenvalue weighted by molar-refractivity contribution is 0.0840. The number of nitrogens with zero attached hydrogens (tertiary/aromatic N) is 2. The highest BCUT2D eigenvalue weighted by Gasteiger charge is 2.46. The molecule has 4 nitrogen and oxygen atoms in total. The van der Waals surface area contributed by atoms with Gasteiger partial charge in [0.1, 0.15) is 0 Å². The van der Waals surface area contributed by atoms with Gasteiger partial charge in [-0.2, -0.15) is 4.99 Å². The van der Waals surface area contributed by atoms with E-state index in [4.69, 9.17) is 0 Å². The first kappa shape index (κ1) is 12.8. The molecular weight excluding hydrogens is 204 g/mol. The lowest BCUT2D eigenvalue weighted by Gasteiger charge is -2.46. The first-order valence-electron chi connectivity index (χ1n) is 5.58. The standard InChI is InChI=1S/C12H18N2O2/c1-11(2)5-4-10(7-13-8-15)6-12(11,3)14-9-16/h10H,4-7H2,1-3H3. The molecule has 0 bridgehead atoms. The molecule has 0 aromatic heterocycles. The highest BCUT2D eigenvalue weighted by molar-refractivity contribution is 5.35. The van der Waals surface area contributed by atoms with Gasteiger partial charge in [-0.3, -0.25) is 0 Å². The van der Waals surface area contributed by atoms with Crippen LogP contribution in [0, 0.1) is 11.3 Å². The van der Waals surface area contributed by atoms with Crippen molar-refractivity contribution in [2.75, 3.05) is 6.54 Å². The van der Waals surface area contributed by atoms with Crippen LogP contribution in [0.4, 0.5) is 0 Å². The molecule has 0 aromatic rings. The second-order valence-corrected chi connectivity index (χ2v) is 5.40. The van der Waals surface area contributed by atoms with Gasteiger partial charge >= 0.3 is 0 Å². The highest BCUT2D eigenvalue weighted by atomic mass is 16.1. The van der Waals surface area contributed by atoms with E-state index < -0.39 is 5.54 Å². The first-order chi connectivity index (χ1) is 7.45. The second kappa shape index (κ2) is 4.73. The first-order valence-corrected chi connectivity index (χ1v) is 5.58. The average Bonchev–Trinajstić information content (AvgIpc) is 2.21. The predicted octanol–water partition coefficient (Wildman–Crippen LogP) is 2.24. The molecule has 0 saturated heterocycles. The molecule has 2 atom stereocenters. The molecule has 0 aliphatic heterocycles. The Morgan fingerprint density at radius 1 is 1.25 bits per heavy atom. The minimum absolute atomic E-state index is 0.00813. The van der Waals surface area contributed by atoms with Gasteiger partial charge in [-0.1, -0.05) is 13.8 Å². The zero-order chi connectivity index (χ0) is 12.2. The molecule has 1 aliphatic carbocycles. The summed E-state index contributed by atoms with van der Waals surface area (Å²) in [6, 6.07) is 0. The van der Waals surface area contributed by atoms with Crippen LogP contribution in [0.2, 0.25) is 0 Å². The van der Waals surface area contributed by atoms with E-state index in [1.54, 1.807) is 12.2 Å². The Morgan fingerprint density at radius 2 is 1.94 bits per heavy atom. The van der Waals surface area contributed by atoms with E-state index in [2.05, 4.69) is 23.8 Å². The molecule has 1 rings (SSSR count). The van der Waals surface area contributed by atoms with Crippen molar-refractivity contribution >= 4 is 12.2 Å².